The Morgan fingerprint density at radius 1 is 0.788 bits per heavy atom. The number of esters is 2. The molecule has 52 heavy (non-hydrogen) atoms. The molecule has 1 rings (SSSR count). The summed E-state index contributed by atoms with van der Waals surface area (Å²) in [7, 11) is 0. The number of alkyl carbamates (subject to hydrolysis) is 1. The van der Waals surface area contributed by atoms with Crippen LogP contribution in [0.25, 0.3) is 0 Å². The molecule has 5 amide bonds. The topological polar surface area (TPSA) is 253 Å². The molecule has 0 aliphatic carbocycles. The number of nitrogens with zero attached hydrogens (tertiary/aromatic N) is 1. The summed E-state index contributed by atoms with van der Waals surface area (Å²) in [6.07, 6.45) is -2.77. The van der Waals surface area contributed by atoms with Gasteiger partial charge in [0.15, 0.2) is 0 Å². The summed E-state index contributed by atoms with van der Waals surface area (Å²) in [5, 5.41) is 16.4. The van der Waals surface area contributed by atoms with Crippen molar-refractivity contribution in [3.63, 3.8) is 0 Å². The van der Waals surface area contributed by atoms with Crippen LogP contribution in [-0.4, -0.2) is 99.9 Å². The van der Waals surface area contributed by atoms with Gasteiger partial charge in [-0.1, -0.05) is 44.2 Å². The highest BCUT2D eigenvalue weighted by Gasteiger charge is 2.34. The number of rotatable bonds is 17. The molecule has 18 nitrogen and oxygen atoms in total. The second-order valence-electron chi connectivity index (χ2n) is 13.9. The molecule has 0 saturated carbocycles. The van der Waals surface area contributed by atoms with Gasteiger partial charge in [-0.2, -0.15) is 0 Å². The molecule has 3 atom stereocenters. The maximum atomic E-state index is 13.7. The molecule has 0 aliphatic heterocycles. The van der Waals surface area contributed by atoms with Crippen molar-refractivity contribution in [2.24, 2.45) is 5.92 Å². The Hall–Kier alpha value is -5.55. The first-order chi connectivity index (χ1) is 24.0. The number of benzene rings is 1. The first-order valence-electron chi connectivity index (χ1n) is 16.3. The predicted octanol–water partition coefficient (Wildman–Crippen LogP) is 0.904. The van der Waals surface area contributed by atoms with Crippen LogP contribution in [-0.2, 0) is 59.2 Å². The average molecular weight is 736 g/mol. The smallest absolute Gasteiger partial charge is 0.408 e. The minimum absolute atomic E-state index is 0.171. The van der Waals surface area contributed by atoms with Crippen LogP contribution >= 0.6 is 0 Å². The summed E-state index contributed by atoms with van der Waals surface area (Å²) >= 11 is 0. The quantitative estimate of drug-likeness (QED) is 0.0491. The average Bonchev–Trinajstić information content (AvgIpc) is 3.01. The van der Waals surface area contributed by atoms with Crippen LogP contribution in [0.4, 0.5) is 4.79 Å². The van der Waals surface area contributed by atoms with E-state index in [1.54, 1.807) is 71.9 Å². The van der Waals surface area contributed by atoms with E-state index in [1.807, 2.05) is 5.43 Å². The first kappa shape index (κ1) is 44.5. The largest absolute Gasteiger partial charge is 0.480 e. The van der Waals surface area contributed by atoms with Gasteiger partial charge in [-0.05, 0) is 59.4 Å². The minimum atomic E-state index is -1.64. The third kappa shape index (κ3) is 17.9. The van der Waals surface area contributed by atoms with E-state index in [4.69, 9.17) is 19.3 Å². The van der Waals surface area contributed by atoms with Crippen molar-refractivity contribution in [2.45, 2.75) is 111 Å². The van der Waals surface area contributed by atoms with E-state index in [0.717, 1.165) is 0 Å². The van der Waals surface area contributed by atoms with E-state index in [0.29, 0.717) is 5.56 Å². The number of hydrazine groups is 1. The van der Waals surface area contributed by atoms with Gasteiger partial charge in [0.1, 0.15) is 42.5 Å². The van der Waals surface area contributed by atoms with Gasteiger partial charge in [-0.3, -0.25) is 43.8 Å². The van der Waals surface area contributed by atoms with Crippen molar-refractivity contribution < 1.29 is 62.5 Å². The number of aliphatic carboxylic acids is 1. The van der Waals surface area contributed by atoms with Gasteiger partial charge in [-0.25, -0.2) is 9.80 Å². The van der Waals surface area contributed by atoms with E-state index in [9.17, 15) is 43.2 Å². The summed E-state index contributed by atoms with van der Waals surface area (Å²) in [4.78, 5) is 113. The number of hydrogen-bond acceptors (Lipinski definition) is 12. The summed E-state index contributed by atoms with van der Waals surface area (Å²) in [5.41, 5.74) is 0.783. The number of ether oxygens (including phenoxy) is 3. The van der Waals surface area contributed by atoms with Crippen LogP contribution < -0.4 is 21.4 Å². The molecule has 1 aromatic rings. The molecule has 0 saturated heterocycles. The number of nitrogens with one attached hydrogen (secondary N) is 4. The van der Waals surface area contributed by atoms with E-state index >= 15 is 0 Å². The second kappa shape index (κ2) is 20.3. The molecule has 0 radical (unpaired) electrons. The van der Waals surface area contributed by atoms with Crippen LogP contribution in [0.2, 0.25) is 0 Å². The van der Waals surface area contributed by atoms with Gasteiger partial charge in [-0.15, -0.1) is 0 Å². The molecule has 0 aliphatic rings. The zero-order valence-electron chi connectivity index (χ0n) is 30.6. The van der Waals surface area contributed by atoms with Crippen LogP contribution in [0.15, 0.2) is 30.3 Å². The number of carbonyl (C=O) groups is 9. The number of hydrogen-bond donors (Lipinski definition) is 5. The summed E-state index contributed by atoms with van der Waals surface area (Å²) in [6, 6.07) is 3.92. The second-order valence-corrected chi connectivity index (χ2v) is 13.9. The van der Waals surface area contributed by atoms with Crippen LogP contribution in [0, 0.1) is 5.92 Å². The molecule has 0 heterocycles. The monoisotopic (exact) mass is 735 g/mol. The SMILES string of the molecule is CC(C)C(NC(=O)C(CCC(=O)OC(C)(C)C)NC(=O)C(CC(=O)OC(C)(C)C)NC(=O)OCc1ccccc1)C(=O)NN(CC(=O)O)C(=O)C=O. The van der Waals surface area contributed by atoms with E-state index in [1.165, 1.54) is 13.8 Å². The van der Waals surface area contributed by atoms with Crippen molar-refractivity contribution in [3.05, 3.63) is 35.9 Å². The summed E-state index contributed by atoms with van der Waals surface area (Å²) in [6.45, 7) is 11.4. The molecule has 3 unspecified atom stereocenters. The van der Waals surface area contributed by atoms with E-state index < -0.39 is 102 Å². The Balaban J connectivity index is 3.36. The summed E-state index contributed by atoms with van der Waals surface area (Å²) < 4.78 is 15.8. The molecule has 288 valence electrons. The van der Waals surface area contributed by atoms with Crippen molar-refractivity contribution >= 4 is 53.9 Å². The van der Waals surface area contributed by atoms with Gasteiger partial charge >= 0.3 is 29.9 Å². The van der Waals surface area contributed by atoms with Crippen molar-refractivity contribution in [2.75, 3.05) is 6.54 Å². The molecule has 0 bridgehead atoms. The minimum Gasteiger partial charge on any atom is -0.480 e. The zero-order chi connectivity index (χ0) is 39.8. The van der Waals surface area contributed by atoms with Gasteiger partial charge in [0.05, 0.1) is 6.42 Å². The molecule has 0 spiro atoms. The highest BCUT2D eigenvalue weighted by molar-refractivity contribution is 6.24. The number of amides is 5. The highest BCUT2D eigenvalue weighted by atomic mass is 16.6. The normalized spacial score (nSPS) is 12.9. The molecule has 0 aromatic heterocycles. The van der Waals surface area contributed by atoms with Crippen molar-refractivity contribution in [1.82, 2.24) is 26.4 Å². The number of carboxylic acid groups (broad SMARTS) is 1. The number of aldehydes is 1. The highest BCUT2D eigenvalue weighted by Crippen LogP contribution is 2.13. The lowest BCUT2D eigenvalue weighted by atomic mass is 10.0. The molecule has 0 fully saturated rings. The summed E-state index contributed by atoms with van der Waals surface area (Å²) in [5.74, 6) is -8.39. The van der Waals surface area contributed by atoms with Crippen molar-refractivity contribution in [1.29, 1.82) is 0 Å². The van der Waals surface area contributed by atoms with E-state index in [-0.39, 0.29) is 24.3 Å². The fraction of sp³-hybridized carbons (Fsp3) is 0.559. The predicted molar refractivity (Wildman–Crippen MR) is 181 cm³/mol. The lowest BCUT2D eigenvalue weighted by Crippen LogP contribution is -2.60. The van der Waals surface area contributed by atoms with Gasteiger partial charge < -0.3 is 35.3 Å². The van der Waals surface area contributed by atoms with Crippen LogP contribution in [0.3, 0.4) is 0 Å². The Labute approximate surface area is 301 Å². The molecule has 18 heteroatoms. The standard InChI is InChI=1S/C34H49N5O13/c1-20(2)28(31(48)38-39(17-25(42)43)24(41)18-40)37-29(46)22(14-15-26(44)51-33(3,4)5)35-30(47)23(16-27(45)52-34(6,7)8)36-32(49)50-19-21-12-10-9-11-13-21/h9-13,18,20,22-23,28H,14-17,19H2,1-8H3,(H,35,47)(H,36,49)(H,37,46)(H,38,48)(H,42,43). The zero-order valence-corrected chi connectivity index (χ0v) is 30.6. The fourth-order valence-electron chi connectivity index (χ4n) is 4.22. The Morgan fingerprint density at radius 3 is 1.87 bits per heavy atom. The lowest BCUT2D eigenvalue weighted by Gasteiger charge is -2.28. The number of carboxylic acids is 1. The van der Waals surface area contributed by atoms with E-state index in [2.05, 4.69) is 16.0 Å². The lowest BCUT2D eigenvalue weighted by molar-refractivity contribution is -0.156. The first-order valence-corrected chi connectivity index (χ1v) is 16.3. The fourth-order valence-corrected chi connectivity index (χ4v) is 4.22. The van der Waals surface area contributed by atoms with Crippen LogP contribution in [0.5, 0.6) is 0 Å². The molecular formula is C34H49N5O13. The third-order valence-electron chi connectivity index (χ3n) is 6.45. The van der Waals surface area contributed by atoms with Gasteiger partial charge in [0, 0.05) is 6.42 Å². The Bertz CT molecular complexity index is 1450. The van der Waals surface area contributed by atoms with Crippen LogP contribution in [0.1, 0.15) is 80.2 Å². The maximum absolute atomic E-state index is 13.7. The number of carbonyl (C=O) groups excluding carboxylic acids is 8. The Morgan fingerprint density at radius 2 is 1.35 bits per heavy atom. The molecule has 1 aromatic carbocycles. The molecule has 5 N–H and O–H groups in total. The van der Waals surface area contributed by atoms with Crippen molar-refractivity contribution in [3.8, 4) is 0 Å². The third-order valence-corrected chi connectivity index (χ3v) is 6.45. The van der Waals surface area contributed by atoms with Gasteiger partial charge in [0.2, 0.25) is 18.1 Å². The molecular weight excluding hydrogens is 686 g/mol. The Kier molecular flexibility index (Phi) is 17.4. The van der Waals surface area contributed by atoms with Gasteiger partial charge in [0.25, 0.3) is 5.91 Å². The maximum Gasteiger partial charge on any atom is 0.408 e.